The summed E-state index contributed by atoms with van der Waals surface area (Å²) in [5, 5.41) is 12.3. The van der Waals surface area contributed by atoms with E-state index < -0.39 is 23.8 Å². The number of carbonyl (C=O) groups excluding carboxylic acids is 1. The van der Waals surface area contributed by atoms with Gasteiger partial charge < -0.3 is 10.4 Å². The van der Waals surface area contributed by atoms with Gasteiger partial charge in [-0.3, -0.25) is 9.78 Å². The average molecular weight is 310 g/mol. The number of aliphatic hydroxyl groups excluding tert-OH is 1. The number of nitrogens with zero attached hydrogens (tertiary/aromatic N) is 1. The van der Waals surface area contributed by atoms with Crippen LogP contribution in [0.2, 0.25) is 0 Å². The van der Waals surface area contributed by atoms with Gasteiger partial charge in [-0.2, -0.15) is 13.2 Å². The molecular formula is C15H13F3N2O2. The van der Waals surface area contributed by atoms with Crippen LogP contribution in [0.25, 0.3) is 0 Å². The number of carbonyl (C=O) groups is 1. The van der Waals surface area contributed by atoms with Crippen LogP contribution in [0.3, 0.4) is 0 Å². The third kappa shape index (κ3) is 3.82. The summed E-state index contributed by atoms with van der Waals surface area (Å²) in [7, 11) is 0. The fraction of sp³-hybridized carbons (Fsp3) is 0.200. The summed E-state index contributed by atoms with van der Waals surface area (Å²) in [5.41, 5.74) is -0.878. The van der Waals surface area contributed by atoms with Crippen LogP contribution in [0.4, 0.5) is 13.2 Å². The number of hydrogen-bond acceptors (Lipinski definition) is 3. The molecule has 116 valence electrons. The monoisotopic (exact) mass is 310 g/mol. The van der Waals surface area contributed by atoms with Crippen LogP contribution in [0, 0.1) is 0 Å². The molecule has 1 aromatic carbocycles. The van der Waals surface area contributed by atoms with E-state index in [0.717, 1.165) is 6.07 Å². The largest absolute Gasteiger partial charge is 0.416 e. The van der Waals surface area contributed by atoms with Gasteiger partial charge in [0, 0.05) is 24.5 Å². The van der Waals surface area contributed by atoms with Gasteiger partial charge in [-0.25, -0.2) is 0 Å². The maximum Gasteiger partial charge on any atom is 0.416 e. The fourth-order valence-corrected chi connectivity index (χ4v) is 1.95. The molecule has 2 N–H and O–H groups in total. The molecule has 0 aliphatic carbocycles. The Morgan fingerprint density at radius 2 is 1.82 bits per heavy atom. The van der Waals surface area contributed by atoms with Crippen molar-refractivity contribution in [3.8, 4) is 0 Å². The molecule has 7 heteroatoms. The van der Waals surface area contributed by atoms with E-state index in [-0.39, 0.29) is 12.1 Å². The Bertz CT molecular complexity index is 645. The number of alkyl halides is 3. The zero-order chi connectivity index (χ0) is 16.2. The topological polar surface area (TPSA) is 62.2 Å². The highest BCUT2D eigenvalue weighted by molar-refractivity contribution is 5.93. The van der Waals surface area contributed by atoms with Gasteiger partial charge in [0.1, 0.15) is 0 Å². The zero-order valence-electron chi connectivity index (χ0n) is 11.3. The van der Waals surface area contributed by atoms with Crippen molar-refractivity contribution >= 4 is 5.91 Å². The van der Waals surface area contributed by atoms with Gasteiger partial charge in [0.25, 0.3) is 5.91 Å². The predicted octanol–water partition coefficient (Wildman–Crippen LogP) is 2.56. The molecule has 4 nitrogen and oxygen atoms in total. The van der Waals surface area contributed by atoms with E-state index in [1.165, 1.54) is 42.7 Å². The molecule has 1 heterocycles. The summed E-state index contributed by atoms with van der Waals surface area (Å²) in [6.07, 6.45) is -3.18. The Morgan fingerprint density at radius 3 is 2.45 bits per heavy atom. The summed E-state index contributed by atoms with van der Waals surface area (Å²) in [4.78, 5) is 15.5. The number of aromatic nitrogens is 1. The van der Waals surface area contributed by atoms with E-state index in [0.29, 0.717) is 5.56 Å². The molecule has 0 saturated heterocycles. The second-order valence-electron chi connectivity index (χ2n) is 4.55. The summed E-state index contributed by atoms with van der Waals surface area (Å²) < 4.78 is 38.6. The number of halogens is 3. The number of amides is 1. The highest BCUT2D eigenvalue weighted by Gasteiger charge is 2.34. The Morgan fingerprint density at radius 1 is 1.18 bits per heavy atom. The molecule has 0 fully saturated rings. The second kappa shape index (κ2) is 6.57. The van der Waals surface area contributed by atoms with Crippen LogP contribution >= 0.6 is 0 Å². The van der Waals surface area contributed by atoms with Crippen molar-refractivity contribution in [2.24, 2.45) is 0 Å². The molecule has 0 spiro atoms. The summed E-state index contributed by atoms with van der Waals surface area (Å²) >= 11 is 0. The first-order valence-corrected chi connectivity index (χ1v) is 6.42. The van der Waals surface area contributed by atoms with E-state index in [1.54, 1.807) is 0 Å². The summed E-state index contributed by atoms with van der Waals surface area (Å²) in [6, 6.07) is 7.65. The lowest BCUT2D eigenvalue weighted by atomic mass is 10.0. The first-order valence-electron chi connectivity index (χ1n) is 6.42. The van der Waals surface area contributed by atoms with E-state index in [9.17, 15) is 23.1 Å². The molecule has 0 radical (unpaired) electrons. The van der Waals surface area contributed by atoms with Crippen molar-refractivity contribution in [1.29, 1.82) is 0 Å². The lowest BCUT2D eigenvalue weighted by Crippen LogP contribution is -2.29. The minimum atomic E-state index is -4.56. The smallest absolute Gasteiger partial charge is 0.387 e. The number of benzene rings is 1. The highest BCUT2D eigenvalue weighted by Crippen LogP contribution is 2.34. The molecule has 1 aromatic heterocycles. The molecule has 2 aromatic rings. The van der Waals surface area contributed by atoms with Gasteiger partial charge in [-0.05, 0) is 23.8 Å². The molecule has 0 unspecified atom stereocenters. The van der Waals surface area contributed by atoms with Crippen molar-refractivity contribution in [2.45, 2.75) is 12.3 Å². The third-order valence-corrected chi connectivity index (χ3v) is 3.02. The lowest BCUT2D eigenvalue weighted by Gasteiger charge is -2.17. The molecule has 1 amide bonds. The maximum absolute atomic E-state index is 12.9. The second-order valence-corrected chi connectivity index (χ2v) is 4.55. The third-order valence-electron chi connectivity index (χ3n) is 3.02. The molecule has 2 rings (SSSR count). The number of pyridine rings is 1. The lowest BCUT2D eigenvalue weighted by molar-refractivity contribution is -0.139. The molecule has 0 aliphatic rings. The SMILES string of the molecule is O=C(NC[C@@H](O)c1ccccc1C(F)(F)F)c1ccncc1. The fourth-order valence-electron chi connectivity index (χ4n) is 1.95. The molecular weight excluding hydrogens is 297 g/mol. The molecule has 0 saturated carbocycles. The van der Waals surface area contributed by atoms with Crippen LogP contribution in [-0.4, -0.2) is 22.5 Å². The van der Waals surface area contributed by atoms with Crippen molar-refractivity contribution in [3.05, 3.63) is 65.5 Å². The molecule has 22 heavy (non-hydrogen) atoms. The van der Waals surface area contributed by atoms with E-state index in [2.05, 4.69) is 10.3 Å². The zero-order valence-corrected chi connectivity index (χ0v) is 11.3. The quantitative estimate of drug-likeness (QED) is 0.912. The van der Waals surface area contributed by atoms with E-state index in [1.807, 2.05) is 0 Å². The molecule has 1 atom stereocenters. The van der Waals surface area contributed by atoms with Gasteiger partial charge >= 0.3 is 6.18 Å². The minimum Gasteiger partial charge on any atom is -0.387 e. The summed E-state index contributed by atoms with van der Waals surface area (Å²) in [5.74, 6) is -0.495. The Balaban J connectivity index is 2.07. The standard InChI is InChI=1S/C15H13F3N2O2/c16-15(17,18)12-4-2-1-3-11(12)13(21)9-20-14(22)10-5-7-19-8-6-10/h1-8,13,21H,9H2,(H,20,22)/t13-/m1/s1. The Kier molecular flexibility index (Phi) is 4.77. The Labute approximate surface area is 124 Å². The molecule has 0 aliphatic heterocycles. The van der Waals surface area contributed by atoms with Crippen LogP contribution in [-0.2, 0) is 6.18 Å². The normalized spacial score (nSPS) is 12.7. The maximum atomic E-state index is 12.9. The number of aliphatic hydroxyl groups is 1. The highest BCUT2D eigenvalue weighted by atomic mass is 19.4. The van der Waals surface area contributed by atoms with Crippen LogP contribution in [0.5, 0.6) is 0 Å². The van der Waals surface area contributed by atoms with E-state index >= 15 is 0 Å². The van der Waals surface area contributed by atoms with Crippen LogP contribution in [0.15, 0.2) is 48.8 Å². The van der Waals surface area contributed by atoms with Crippen molar-refractivity contribution in [3.63, 3.8) is 0 Å². The van der Waals surface area contributed by atoms with Crippen molar-refractivity contribution in [2.75, 3.05) is 6.54 Å². The number of nitrogens with one attached hydrogen (secondary N) is 1. The number of hydrogen-bond donors (Lipinski definition) is 2. The first-order chi connectivity index (χ1) is 10.4. The summed E-state index contributed by atoms with van der Waals surface area (Å²) in [6.45, 7) is -0.325. The van der Waals surface area contributed by atoms with Gasteiger partial charge in [0.2, 0.25) is 0 Å². The van der Waals surface area contributed by atoms with Gasteiger partial charge in [-0.1, -0.05) is 18.2 Å². The van der Waals surface area contributed by atoms with Crippen LogP contribution < -0.4 is 5.32 Å². The van der Waals surface area contributed by atoms with Crippen molar-refractivity contribution < 1.29 is 23.1 Å². The van der Waals surface area contributed by atoms with Gasteiger partial charge in [0.15, 0.2) is 0 Å². The van der Waals surface area contributed by atoms with Crippen molar-refractivity contribution in [1.82, 2.24) is 10.3 Å². The average Bonchev–Trinajstić information content (AvgIpc) is 2.52. The number of rotatable bonds is 4. The Hall–Kier alpha value is -2.41. The molecule has 0 bridgehead atoms. The predicted molar refractivity (Wildman–Crippen MR) is 73.0 cm³/mol. The van der Waals surface area contributed by atoms with E-state index in [4.69, 9.17) is 0 Å². The minimum absolute atomic E-state index is 0.273. The first kappa shape index (κ1) is 16.0. The van der Waals surface area contributed by atoms with Gasteiger partial charge in [-0.15, -0.1) is 0 Å². The van der Waals surface area contributed by atoms with Gasteiger partial charge in [0.05, 0.1) is 11.7 Å². The van der Waals surface area contributed by atoms with Crippen LogP contribution in [0.1, 0.15) is 27.6 Å².